The minimum atomic E-state index is 0. The summed E-state index contributed by atoms with van der Waals surface area (Å²) in [7, 11) is 9.58. The maximum atomic E-state index is 5.16. The predicted octanol–water partition coefficient (Wildman–Crippen LogP) is 2.48. The number of methoxy groups -OCH3 is 1. The fourth-order valence-electron chi connectivity index (χ4n) is 2.16. The molecule has 0 aliphatic carbocycles. The summed E-state index contributed by atoms with van der Waals surface area (Å²) in [6.07, 6.45) is 1.94. The molecule has 0 fully saturated rings. The van der Waals surface area contributed by atoms with Crippen LogP contribution in [-0.4, -0.2) is 60.8 Å². The molecule has 23 heavy (non-hydrogen) atoms. The van der Waals surface area contributed by atoms with Crippen molar-refractivity contribution in [2.75, 3.05) is 35.3 Å². The first-order valence-corrected chi connectivity index (χ1v) is 7.09. The van der Waals surface area contributed by atoms with Crippen LogP contribution in [0.25, 0.3) is 5.69 Å². The Balaban J connectivity index is 0.00000264. The molecular weight excluding hydrogens is 405 g/mol. The zero-order chi connectivity index (χ0) is 16.1. The number of halogens is 1. The largest absolute Gasteiger partial charge is 0.497 e. The molecule has 0 radical (unpaired) electrons. The summed E-state index contributed by atoms with van der Waals surface area (Å²) in [5.74, 6) is 1.75. The summed E-state index contributed by atoms with van der Waals surface area (Å²) in [5.41, 5.74) is 1.92. The monoisotopic (exact) mass is 429 g/mol. The number of aliphatic imine (C=N–C) groups is 1. The number of aromatic nitrogens is 2. The van der Waals surface area contributed by atoms with E-state index in [0.717, 1.165) is 23.1 Å². The Morgan fingerprint density at radius 1 is 1.09 bits per heavy atom. The fraction of sp³-hybridized carbons (Fsp3) is 0.375. The van der Waals surface area contributed by atoms with E-state index in [1.54, 1.807) is 7.11 Å². The second-order valence-electron chi connectivity index (χ2n) is 5.35. The Morgan fingerprint density at radius 3 is 2.22 bits per heavy atom. The van der Waals surface area contributed by atoms with Gasteiger partial charge in [-0.15, -0.1) is 24.0 Å². The quantitative estimate of drug-likeness (QED) is 0.426. The Hall–Kier alpha value is -1.77. The molecule has 0 amide bonds. The van der Waals surface area contributed by atoms with E-state index in [1.807, 2.05) is 79.2 Å². The van der Waals surface area contributed by atoms with E-state index < -0.39 is 0 Å². The molecule has 2 aromatic rings. The van der Waals surface area contributed by atoms with Crippen molar-refractivity contribution < 1.29 is 4.74 Å². The lowest BCUT2D eigenvalue weighted by atomic mass is 10.3. The second-order valence-corrected chi connectivity index (χ2v) is 5.35. The zero-order valence-corrected chi connectivity index (χ0v) is 16.6. The van der Waals surface area contributed by atoms with Gasteiger partial charge in [-0.2, -0.15) is 5.10 Å². The lowest BCUT2D eigenvalue weighted by molar-refractivity contribution is 0.414. The highest BCUT2D eigenvalue weighted by molar-refractivity contribution is 14.0. The van der Waals surface area contributed by atoms with Crippen LogP contribution in [-0.2, 0) is 6.54 Å². The Labute approximate surface area is 154 Å². The number of nitrogens with zero attached hydrogens (tertiary/aromatic N) is 5. The molecule has 0 saturated heterocycles. The average molecular weight is 429 g/mol. The molecule has 0 unspecified atom stereocenters. The van der Waals surface area contributed by atoms with Gasteiger partial charge >= 0.3 is 0 Å². The number of rotatable bonds is 4. The van der Waals surface area contributed by atoms with E-state index in [0.29, 0.717) is 6.54 Å². The van der Waals surface area contributed by atoms with Gasteiger partial charge in [0.2, 0.25) is 0 Å². The maximum absolute atomic E-state index is 5.16. The van der Waals surface area contributed by atoms with Crippen LogP contribution in [0.2, 0.25) is 0 Å². The molecule has 1 aromatic carbocycles. The Kier molecular flexibility index (Phi) is 7.34. The molecule has 0 aliphatic rings. The fourth-order valence-corrected chi connectivity index (χ4v) is 2.16. The zero-order valence-electron chi connectivity index (χ0n) is 14.2. The van der Waals surface area contributed by atoms with E-state index in [-0.39, 0.29) is 24.0 Å². The van der Waals surface area contributed by atoms with Crippen LogP contribution >= 0.6 is 24.0 Å². The normalized spacial score (nSPS) is 9.78. The molecule has 0 atom stereocenters. The first-order chi connectivity index (χ1) is 10.5. The van der Waals surface area contributed by atoms with Gasteiger partial charge in [-0.1, -0.05) is 0 Å². The van der Waals surface area contributed by atoms with Crippen LogP contribution in [0.4, 0.5) is 0 Å². The van der Waals surface area contributed by atoms with Crippen molar-refractivity contribution in [3.63, 3.8) is 0 Å². The van der Waals surface area contributed by atoms with Gasteiger partial charge in [-0.05, 0) is 30.3 Å². The molecule has 0 bridgehead atoms. The number of guanidine groups is 1. The minimum Gasteiger partial charge on any atom is -0.497 e. The van der Waals surface area contributed by atoms with Crippen LogP contribution in [0.3, 0.4) is 0 Å². The SMILES string of the molecule is COc1ccc(-n2ccc(CN=C(N(C)C)N(C)C)n2)cc1.I. The highest BCUT2D eigenvalue weighted by atomic mass is 127. The van der Waals surface area contributed by atoms with Gasteiger partial charge in [0, 0.05) is 34.4 Å². The molecule has 6 nitrogen and oxygen atoms in total. The molecule has 1 aromatic heterocycles. The van der Waals surface area contributed by atoms with E-state index in [9.17, 15) is 0 Å². The topological polar surface area (TPSA) is 45.9 Å². The Morgan fingerprint density at radius 2 is 1.70 bits per heavy atom. The molecule has 126 valence electrons. The van der Waals surface area contributed by atoms with E-state index in [4.69, 9.17) is 4.74 Å². The van der Waals surface area contributed by atoms with Crippen LogP contribution in [0.1, 0.15) is 5.69 Å². The van der Waals surface area contributed by atoms with Gasteiger partial charge in [-0.3, -0.25) is 0 Å². The molecule has 1 heterocycles. The molecular formula is C16H24IN5O. The summed E-state index contributed by atoms with van der Waals surface area (Å²) in [6, 6.07) is 9.78. The van der Waals surface area contributed by atoms with Crippen molar-refractivity contribution in [2.24, 2.45) is 4.99 Å². The first-order valence-electron chi connectivity index (χ1n) is 7.09. The van der Waals surface area contributed by atoms with Crippen molar-refractivity contribution in [2.45, 2.75) is 6.54 Å². The summed E-state index contributed by atoms with van der Waals surface area (Å²) in [4.78, 5) is 8.57. The van der Waals surface area contributed by atoms with Gasteiger partial charge in [0.05, 0.1) is 25.0 Å². The van der Waals surface area contributed by atoms with Crippen LogP contribution < -0.4 is 4.74 Å². The molecule has 0 spiro atoms. The van der Waals surface area contributed by atoms with E-state index in [2.05, 4.69) is 10.1 Å². The minimum absolute atomic E-state index is 0. The standard InChI is InChI=1S/C16H23N5O.HI/c1-19(2)16(20(3)4)17-12-13-10-11-21(18-13)14-6-8-15(22-5)9-7-14;/h6-11H,12H2,1-5H3;1H. The van der Waals surface area contributed by atoms with Gasteiger partial charge in [-0.25, -0.2) is 9.67 Å². The average Bonchev–Trinajstić information content (AvgIpc) is 2.95. The van der Waals surface area contributed by atoms with E-state index in [1.165, 1.54) is 0 Å². The van der Waals surface area contributed by atoms with Crippen molar-refractivity contribution in [1.29, 1.82) is 0 Å². The Bertz CT molecular complexity index is 624. The molecule has 0 N–H and O–H groups in total. The van der Waals surface area contributed by atoms with Crippen LogP contribution in [0.5, 0.6) is 5.75 Å². The number of benzene rings is 1. The number of ether oxygens (including phenoxy) is 1. The van der Waals surface area contributed by atoms with Crippen molar-refractivity contribution in [1.82, 2.24) is 19.6 Å². The van der Waals surface area contributed by atoms with E-state index >= 15 is 0 Å². The van der Waals surface area contributed by atoms with Crippen molar-refractivity contribution in [3.8, 4) is 11.4 Å². The van der Waals surface area contributed by atoms with Crippen LogP contribution in [0, 0.1) is 0 Å². The van der Waals surface area contributed by atoms with Crippen LogP contribution in [0.15, 0.2) is 41.5 Å². The third-order valence-corrected chi connectivity index (χ3v) is 3.16. The second kappa shape index (κ2) is 8.76. The highest BCUT2D eigenvalue weighted by Gasteiger charge is 2.06. The predicted molar refractivity (Wildman–Crippen MR) is 104 cm³/mol. The summed E-state index contributed by atoms with van der Waals surface area (Å²) in [5, 5.41) is 4.56. The van der Waals surface area contributed by atoms with Gasteiger partial charge in [0.15, 0.2) is 5.96 Å². The third kappa shape index (κ3) is 5.12. The highest BCUT2D eigenvalue weighted by Crippen LogP contribution is 2.14. The molecule has 7 heteroatoms. The molecule has 0 saturated carbocycles. The van der Waals surface area contributed by atoms with Crippen molar-refractivity contribution >= 4 is 29.9 Å². The summed E-state index contributed by atoms with van der Waals surface area (Å²) >= 11 is 0. The van der Waals surface area contributed by atoms with Gasteiger partial charge < -0.3 is 14.5 Å². The third-order valence-electron chi connectivity index (χ3n) is 3.16. The van der Waals surface area contributed by atoms with Crippen molar-refractivity contribution in [3.05, 3.63) is 42.2 Å². The lowest BCUT2D eigenvalue weighted by Crippen LogP contribution is -2.35. The lowest BCUT2D eigenvalue weighted by Gasteiger charge is -2.22. The smallest absolute Gasteiger partial charge is 0.195 e. The molecule has 0 aliphatic heterocycles. The molecule has 2 rings (SSSR count). The number of hydrogen-bond acceptors (Lipinski definition) is 3. The summed E-state index contributed by atoms with van der Waals surface area (Å²) < 4.78 is 7.01. The van der Waals surface area contributed by atoms with Gasteiger partial charge in [0.1, 0.15) is 5.75 Å². The first kappa shape index (κ1) is 19.3. The number of hydrogen-bond donors (Lipinski definition) is 0. The maximum Gasteiger partial charge on any atom is 0.195 e. The van der Waals surface area contributed by atoms with Gasteiger partial charge in [0.25, 0.3) is 0 Å². The summed E-state index contributed by atoms with van der Waals surface area (Å²) in [6.45, 7) is 0.550.